The Morgan fingerprint density at radius 3 is 2.71 bits per heavy atom. The van der Waals surface area contributed by atoms with E-state index in [0.717, 1.165) is 12.5 Å². The van der Waals surface area contributed by atoms with Gasteiger partial charge in [-0.15, -0.1) is 0 Å². The second kappa shape index (κ2) is 7.82. The maximum absolute atomic E-state index is 6.11. The highest BCUT2D eigenvalue weighted by atomic mass is 35.5. The molecule has 21 heavy (non-hydrogen) atoms. The van der Waals surface area contributed by atoms with E-state index in [9.17, 15) is 0 Å². The van der Waals surface area contributed by atoms with Gasteiger partial charge in [-0.1, -0.05) is 36.2 Å². The summed E-state index contributed by atoms with van der Waals surface area (Å²) in [4.78, 5) is 2.55. The van der Waals surface area contributed by atoms with E-state index >= 15 is 0 Å². The number of nitrogens with one attached hydrogen (secondary N) is 1. The van der Waals surface area contributed by atoms with Crippen LogP contribution in [-0.2, 0) is 0 Å². The molecule has 4 heteroatoms. The third kappa shape index (κ3) is 4.59. The zero-order valence-corrected chi connectivity index (χ0v) is 14.7. The Kier molecular flexibility index (Phi) is 6.36. The number of benzene rings is 1. The molecule has 2 rings (SSSR count). The van der Waals surface area contributed by atoms with Crippen molar-refractivity contribution in [3.8, 4) is 0 Å². The highest BCUT2D eigenvalue weighted by Crippen LogP contribution is 2.27. The fourth-order valence-electron chi connectivity index (χ4n) is 3.19. The van der Waals surface area contributed by atoms with Gasteiger partial charge in [-0.2, -0.15) is 0 Å². The largest absolute Gasteiger partial charge is 0.307 e. The molecule has 1 N–H and O–H groups in total. The Hall–Kier alpha value is -0.280. The van der Waals surface area contributed by atoms with Crippen LogP contribution in [-0.4, -0.2) is 30.6 Å². The van der Waals surface area contributed by atoms with Gasteiger partial charge in [-0.3, -0.25) is 0 Å². The van der Waals surface area contributed by atoms with Gasteiger partial charge < -0.3 is 10.2 Å². The van der Waals surface area contributed by atoms with E-state index < -0.39 is 0 Å². The molecule has 1 saturated heterocycles. The summed E-state index contributed by atoms with van der Waals surface area (Å²) in [7, 11) is 0. The highest BCUT2D eigenvalue weighted by molar-refractivity contribution is 6.42. The molecule has 0 bridgehead atoms. The van der Waals surface area contributed by atoms with Crippen molar-refractivity contribution in [2.45, 2.75) is 45.7 Å². The molecule has 0 aliphatic carbocycles. The smallest absolute Gasteiger partial charge is 0.0595 e. The number of halogens is 2. The van der Waals surface area contributed by atoms with Gasteiger partial charge in [0.15, 0.2) is 0 Å². The van der Waals surface area contributed by atoms with Crippen LogP contribution in [0.2, 0.25) is 10.0 Å². The molecule has 3 unspecified atom stereocenters. The summed E-state index contributed by atoms with van der Waals surface area (Å²) >= 11 is 12.1. The summed E-state index contributed by atoms with van der Waals surface area (Å²) < 4.78 is 0. The van der Waals surface area contributed by atoms with Gasteiger partial charge in [0.2, 0.25) is 0 Å². The van der Waals surface area contributed by atoms with Crippen LogP contribution in [0.1, 0.15) is 45.2 Å². The van der Waals surface area contributed by atoms with E-state index in [1.165, 1.54) is 31.5 Å². The molecule has 0 radical (unpaired) electrons. The third-order valence-corrected chi connectivity index (χ3v) is 5.39. The average molecular weight is 329 g/mol. The molecule has 1 aliphatic heterocycles. The molecule has 0 amide bonds. The Morgan fingerprint density at radius 2 is 2.05 bits per heavy atom. The zero-order valence-electron chi connectivity index (χ0n) is 13.2. The van der Waals surface area contributed by atoms with Gasteiger partial charge in [0.1, 0.15) is 0 Å². The van der Waals surface area contributed by atoms with Crippen LogP contribution in [0, 0.1) is 5.92 Å². The number of piperidine rings is 1. The van der Waals surface area contributed by atoms with Crippen molar-refractivity contribution in [3.05, 3.63) is 33.8 Å². The quantitative estimate of drug-likeness (QED) is 0.837. The maximum atomic E-state index is 6.11. The predicted molar refractivity (Wildman–Crippen MR) is 92.3 cm³/mol. The molecule has 0 spiro atoms. The van der Waals surface area contributed by atoms with Gasteiger partial charge in [0, 0.05) is 18.6 Å². The minimum absolute atomic E-state index is 0.284. The Balaban J connectivity index is 1.94. The maximum Gasteiger partial charge on any atom is 0.0595 e. The summed E-state index contributed by atoms with van der Waals surface area (Å²) in [5.41, 5.74) is 1.19. The molecule has 1 aromatic rings. The van der Waals surface area contributed by atoms with Crippen molar-refractivity contribution in [3.63, 3.8) is 0 Å². The molecule has 3 atom stereocenters. The van der Waals surface area contributed by atoms with Crippen molar-refractivity contribution in [2.24, 2.45) is 5.92 Å². The van der Waals surface area contributed by atoms with Gasteiger partial charge >= 0.3 is 0 Å². The summed E-state index contributed by atoms with van der Waals surface area (Å²) in [6, 6.07) is 6.68. The second-order valence-corrected chi connectivity index (χ2v) is 6.96. The SMILES string of the molecule is CCN1CCCC(C(C)NC(C)c2ccc(Cl)c(Cl)c2)C1. The van der Waals surface area contributed by atoms with E-state index in [4.69, 9.17) is 23.2 Å². The van der Waals surface area contributed by atoms with Gasteiger partial charge in [-0.05, 0) is 63.4 Å². The number of hydrogen-bond acceptors (Lipinski definition) is 2. The molecule has 1 aliphatic rings. The van der Waals surface area contributed by atoms with Crippen molar-refractivity contribution >= 4 is 23.2 Å². The summed E-state index contributed by atoms with van der Waals surface area (Å²) in [6.45, 7) is 10.4. The van der Waals surface area contributed by atoms with Crippen LogP contribution >= 0.6 is 23.2 Å². The Labute approximate surface area is 138 Å². The van der Waals surface area contributed by atoms with Gasteiger partial charge in [0.25, 0.3) is 0 Å². The van der Waals surface area contributed by atoms with E-state index in [1.54, 1.807) is 0 Å². The fourth-order valence-corrected chi connectivity index (χ4v) is 3.50. The lowest BCUT2D eigenvalue weighted by molar-refractivity contribution is 0.153. The van der Waals surface area contributed by atoms with Crippen LogP contribution in [0.15, 0.2) is 18.2 Å². The first-order valence-electron chi connectivity index (χ1n) is 7.94. The summed E-state index contributed by atoms with van der Waals surface area (Å²) in [6.07, 6.45) is 2.63. The second-order valence-electron chi connectivity index (χ2n) is 6.15. The van der Waals surface area contributed by atoms with Crippen LogP contribution in [0.25, 0.3) is 0 Å². The van der Waals surface area contributed by atoms with E-state index in [2.05, 4.69) is 37.1 Å². The van der Waals surface area contributed by atoms with Crippen molar-refractivity contribution in [1.82, 2.24) is 10.2 Å². The first-order chi connectivity index (χ1) is 10.0. The van der Waals surface area contributed by atoms with Crippen molar-refractivity contribution in [2.75, 3.05) is 19.6 Å². The molecular weight excluding hydrogens is 303 g/mol. The third-order valence-electron chi connectivity index (χ3n) is 4.65. The Bertz CT molecular complexity index is 464. The molecule has 0 saturated carbocycles. The zero-order chi connectivity index (χ0) is 15.4. The number of hydrogen-bond donors (Lipinski definition) is 1. The van der Waals surface area contributed by atoms with E-state index in [1.807, 2.05) is 12.1 Å². The monoisotopic (exact) mass is 328 g/mol. The molecular formula is C17H26Cl2N2. The lowest BCUT2D eigenvalue weighted by Crippen LogP contribution is -2.44. The van der Waals surface area contributed by atoms with E-state index in [0.29, 0.717) is 16.1 Å². The molecule has 1 fully saturated rings. The summed E-state index contributed by atoms with van der Waals surface area (Å²) in [5, 5.41) is 4.98. The predicted octanol–water partition coefficient (Wildman–Crippen LogP) is 4.76. The average Bonchev–Trinajstić information content (AvgIpc) is 2.49. The fraction of sp³-hybridized carbons (Fsp3) is 0.647. The first kappa shape index (κ1) is 17.1. The van der Waals surface area contributed by atoms with Crippen LogP contribution in [0.4, 0.5) is 0 Å². The van der Waals surface area contributed by atoms with Gasteiger partial charge in [-0.25, -0.2) is 0 Å². The molecule has 1 heterocycles. The normalized spacial score (nSPS) is 23.0. The Morgan fingerprint density at radius 1 is 1.29 bits per heavy atom. The lowest BCUT2D eigenvalue weighted by Gasteiger charge is -2.36. The van der Waals surface area contributed by atoms with Crippen LogP contribution < -0.4 is 5.32 Å². The number of rotatable bonds is 5. The van der Waals surface area contributed by atoms with Gasteiger partial charge in [0.05, 0.1) is 10.0 Å². The van der Waals surface area contributed by atoms with Crippen LogP contribution in [0.5, 0.6) is 0 Å². The highest BCUT2D eigenvalue weighted by Gasteiger charge is 2.24. The molecule has 1 aromatic carbocycles. The van der Waals surface area contributed by atoms with Crippen LogP contribution in [0.3, 0.4) is 0 Å². The summed E-state index contributed by atoms with van der Waals surface area (Å²) in [5.74, 6) is 0.726. The standard InChI is InChI=1S/C17H26Cl2N2/c1-4-21-9-5-6-15(11-21)13(3)20-12(2)14-7-8-16(18)17(19)10-14/h7-8,10,12-13,15,20H,4-6,9,11H2,1-3H3. The minimum Gasteiger partial charge on any atom is -0.307 e. The lowest BCUT2D eigenvalue weighted by atomic mass is 9.90. The van der Waals surface area contributed by atoms with Crippen molar-refractivity contribution < 1.29 is 0 Å². The number of likely N-dealkylation sites (tertiary alicyclic amines) is 1. The first-order valence-corrected chi connectivity index (χ1v) is 8.70. The van der Waals surface area contributed by atoms with Crippen molar-refractivity contribution in [1.29, 1.82) is 0 Å². The number of nitrogens with zero attached hydrogens (tertiary/aromatic N) is 1. The molecule has 0 aromatic heterocycles. The topological polar surface area (TPSA) is 15.3 Å². The molecule has 2 nitrogen and oxygen atoms in total. The van der Waals surface area contributed by atoms with E-state index in [-0.39, 0.29) is 6.04 Å². The molecule has 118 valence electrons. The minimum atomic E-state index is 0.284.